The molecule has 2 aromatic rings. The predicted octanol–water partition coefficient (Wildman–Crippen LogP) is 7.47. The number of phenolic OH excluding ortho intramolecular Hbond substituents is 2. The first-order valence-corrected chi connectivity index (χ1v) is 14.0. The summed E-state index contributed by atoms with van der Waals surface area (Å²) < 4.78 is 0. The standard InChI is InChI=1S/C32H46N2O2/c1-7-25-15-23(13-21(3)4)17-27(31(25)35)19-33-29-9-11-30(12-10-29)34-20-28-18-24(14-22(5)6)16-26(8-2)32(28)36/h15-22,29-30,35-36H,7-14H2,1-6H3. The van der Waals surface area contributed by atoms with Gasteiger partial charge >= 0.3 is 0 Å². The lowest BCUT2D eigenvalue weighted by molar-refractivity contribution is 0.399. The second-order valence-electron chi connectivity index (χ2n) is 11.3. The monoisotopic (exact) mass is 490 g/mol. The maximum atomic E-state index is 10.7. The van der Waals surface area contributed by atoms with Crippen molar-refractivity contribution in [2.45, 2.75) is 105 Å². The highest BCUT2D eigenvalue weighted by Crippen LogP contribution is 2.29. The lowest BCUT2D eigenvalue weighted by Gasteiger charge is -2.23. The molecule has 0 radical (unpaired) electrons. The molecular weight excluding hydrogens is 444 g/mol. The van der Waals surface area contributed by atoms with Crippen LogP contribution in [0.1, 0.15) is 101 Å². The van der Waals surface area contributed by atoms with Crippen LogP contribution in [0.4, 0.5) is 0 Å². The van der Waals surface area contributed by atoms with Crippen LogP contribution in [0.2, 0.25) is 0 Å². The summed E-state index contributed by atoms with van der Waals surface area (Å²) in [5.41, 5.74) is 6.22. The van der Waals surface area contributed by atoms with Crippen molar-refractivity contribution in [3.63, 3.8) is 0 Å². The highest BCUT2D eigenvalue weighted by molar-refractivity contribution is 5.85. The smallest absolute Gasteiger partial charge is 0.127 e. The van der Waals surface area contributed by atoms with Crippen molar-refractivity contribution in [3.05, 3.63) is 57.6 Å². The Balaban J connectivity index is 1.65. The Labute approximate surface area is 218 Å². The van der Waals surface area contributed by atoms with E-state index in [1.54, 1.807) is 0 Å². The van der Waals surface area contributed by atoms with Gasteiger partial charge in [-0.15, -0.1) is 0 Å². The summed E-state index contributed by atoms with van der Waals surface area (Å²) >= 11 is 0. The fourth-order valence-electron chi connectivity index (χ4n) is 5.22. The number of rotatable bonds is 10. The molecule has 3 rings (SSSR count). The summed E-state index contributed by atoms with van der Waals surface area (Å²) in [6, 6.07) is 9.00. The fourth-order valence-corrected chi connectivity index (χ4v) is 5.22. The van der Waals surface area contributed by atoms with E-state index in [1.807, 2.05) is 12.4 Å². The molecule has 0 saturated heterocycles. The van der Waals surface area contributed by atoms with Gasteiger partial charge in [0.15, 0.2) is 0 Å². The molecule has 196 valence electrons. The summed E-state index contributed by atoms with van der Waals surface area (Å²) in [5.74, 6) is 1.90. The molecule has 0 aliphatic heterocycles. The molecule has 0 spiro atoms. The van der Waals surface area contributed by atoms with Crippen molar-refractivity contribution in [2.75, 3.05) is 0 Å². The Hall–Kier alpha value is -2.62. The summed E-state index contributed by atoms with van der Waals surface area (Å²) in [6.07, 6.45) is 11.4. The van der Waals surface area contributed by atoms with Crippen molar-refractivity contribution in [1.29, 1.82) is 0 Å². The van der Waals surface area contributed by atoms with Crippen LogP contribution in [0, 0.1) is 11.8 Å². The molecule has 2 N–H and O–H groups in total. The summed E-state index contributed by atoms with van der Waals surface area (Å²) in [5, 5.41) is 21.4. The third-order valence-electron chi connectivity index (χ3n) is 7.12. The van der Waals surface area contributed by atoms with Crippen LogP contribution in [-0.2, 0) is 25.7 Å². The molecule has 1 aliphatic carbocycles. The Morgan fingerprint density at radius 2 is 1.06 bits per heavy atom. The first kappa shape index (κ1) is 28.0. The maximum Gasteiger partial charge on any atom is 0.127 e. The molecule has 1 saturated carbocycles. The first-order chi connectivity index (χ1) is 17.2. The van der Waals surface area contributed by atoms with E-state index in [0.717, 1.165) is 73.6 Å². The Kier molecular flexibility index (Phi) is 10.2. The minimum atomic E-state index is 0.268. The zero-order chi connectivity index (χ0) is 26.2. The Morgan fingerprint density at radius 3 is 1.36 bits per heavy atom. The van der Waals surface area contributed by atoms with Crippen LogP contribution < -0.4 is 0 Å². The van der Waals surface area contributed by atoms with Crippen molar-refractivity contribution >= 4 is 12.4 Å². The van der Waals surface area contributed by atoms with Crippen molar-refractivity contribution in [3.8, 4) is 11.5 Å². The SMILES string of the molecule is CCc1cc(CC(C)C)cc(C=NC2CCC(N=Cc3cc(CC(C)C)cc(CC)c3O)CC2)c1O. The summed E-state index contributed by atoms with van der Waals surface area (Å²) in [6.45, 7) is 13.1. The molecule has 4 nitrogen and oxygen atoms in total. The Morgan fingerprint density at radius 1 is 0.694 bits per heavy atom. The zero-order valence-corrected chi connectivity index (χ0v) is 23.2. The molecular formula is C32H46N2O2. The summed E-state index contributed by atoms with van der Waals surface area (Å²) in [4.78, 5) is 9.72. The van der Waals surface area contributed by atoms with Crippen LogP contribution in [0.25, 0.3) is 0 Å². The number of phenols is 2. The molecule has 0 unspecified atom stereocenters. The molecule has 0 aromatic heterocycles. The second-order valence-corrected chi connectivity index (χ2v) is 11.3. The van der Waals surface area contributed by atoms with Gasteiger partial charge in [-0.1, -0.05) is 53.7 Å². The number of nitrogens with zero attached hydrogens (tertiary/aromatic N) is 2. The number of aliphatic imine (C=N–C) groups is 2. The Bertz CT molecular complexity index is 975. The van der Waals surface area contributed by atoms with Gasteiger partial charge in [-0.3, -0.25) is 9.98 Å². The fraction of sp³-hybridized carbons (Fsp3) is 0.562. The molecule has 0 amide bonds. The van der Waals surface area contributed by atoms with Crippen LogP contribution in [-0.4, -0.2) is 34.7 Å². The molecule has 2 aromatic carbocycles. The van der Waals surface area contributed by atoms with Crippen LogP contribution in [0.5, 0.6) is 11.5 Å². The van der Waals surface area contributed by atoms with Crippen molar-refractivity contribution in [2.24, 2.45) is 21.8 Å². The van der Waals surface area contributed by atoms with E-state index < -0.39 is 0 Å². The quantitative estimate of drug-likeness (QED) is 0.339. The third-order valence-corrected chi connectivity index (χ3v) is 7.12. The number of hydrogen-bond acceptors (Lipinski definition) is 4. The van der Waals surface area contributed by atoms with Gasteiger partial charge in [0.05, 0.1) is 12.1 Å². The molecule has 0 atom stereocenters. The van der Waals surface area contributed by atoms with Gasteiger partial charge in [0, 0.05) is 23.6 Å². The summed E-state index contributed by atoms with van der Waals surface area (Å²) in [7, 11) is 0. The first-order valence-electron chi connectivity index (χ1n) is 14.0. The number of aryl methyl sites for hydroxylation is 2. The lowest BCUT2D eigenvalue weighted by Crippen LogP contribution is -2.20. The highest BCUT2D eigenvalue weighted by atomic mass is 16.3. The average Bonchev–Trinajstić information content (AvgIpc) is 2.84. The average molecular weight is 491 g/mol. The van der Waals surface area contributed by atoms with Gasteiger partial charge in [-0.25, -0.2) is 0 Å². The van der Waals surface area contributed by atoms with E-state index in [0.29, 0.717) is 23.3 Å². The van der Waals surface area contributed by atoms with E-state index in [4.69, 9.17) is 9.98 Å². The number of aromatic hydroxyl groups is 2. The van der Waals surface area contributed by atoms with Gasteiger partial charge in [0.25, 0.3) is 0 Å². The van der Waals surface area contributed by atoms with Crippen molar-refractivity contribution < 1.29 is 10.2 Å². The minimum absolute atomic E-state index is 0.268. The normalized spacial score (nSPS) is 18.8. The lowest BCUT2D eigenvalue weighted by atomic mass is 9.91. The zero-order valence-electron chi connectivity index (χ0n) is 23.2. The minimum Gasteiger partial charge on any atom is -0.507 e. The predicted molar refractivity (Wildman–Crippen MR) is 153 cm³/mol. The molecule has 4 heteroatoms. The van der Waals surface area contributed by atoms with Crippen LogP contribution in [0.15, 0.2) is 34.3 Å². The van der Waals surface area contributed by atoms with Crippen LogP contribution >= 0.6 is 0 Å². The maximum absolute atomic E-state index is 10.7. The van der Waals surface area contributed by atoms with Gasteiger partial charge in [0.1, 0.15) is 11.5 Å². The second kappa shape index (κ2) is 13.1. The van der Waals surface area contributed by atoms with Crippen molar-refractivity contribution in [1.82, 2.24) is 0 Å². The van der Waals surface area contributed by atoms with Gasteiger partial charge in [-0.05, 0) is 97.6 Å². The van der Waals surface area contributed by atoms with E-state index in [-0.39, 0.29) is 12.1 Å². The molecule has 36 heavy (non-hydrogen) atoms. The highest BCUT2D eigenvalue weighted by Gasteiger charge is 2.20. The number of benzene rings is 2. The van der Waals surface area contributed by atoms with E-state index >= 15 is 0 Å². The third kappa shape index (κ3) is 7.69. The molecule has 1 fully saturated rings. The largest absolute Gasteiger partial charge is 0.507 e. The topological polar surface area (TPSA) is 65.2 Å². The van der Waals surface area contributed by atoms with Gasteiger partial charge in [-0.2, -0.15) is 0 Å². The molecule has 0 bridgehead atoms. The molecule has 1 aliphatic rings. The van der Waals surface area contributed by atoms with Crippen LogP contribution in [0.3, 0.4) is 0 Å². The van der Waals surface area contributed by atoms with Gasteiger partial charge in [0.2, 0.25) is 0 Å². The van der Waals surface area contributed by atoms with Gasteiger partial charge < -0.3 is 10.2 Å². The van der Waals surface area contributed by atoms with E-state index in [9.17, 15) is 10.2 Å². The van der Waals surface area contributed by atoms with E-state index in [2.05, 4.69) is 65.8 Å². The van der Waals surface area contributed by atoms with E-state index in [1.165, 1.54) is 11.1 Å². The molecule has 0 heterocycles. The number of hydrogen-bond donors (Lipinski definition) is 2.